The van der Waals surface area contributed by atoms with Gasteiger partial charge in [-0.25, -0.2) is 10.0 Å². The molecule has 0 unspecified atom stereocenters. The zero-order valence-corrected chi connectivity index (χ0v) is 11.9. The highest BCUT2D eigenvalue weighted by Crippen LogP contribution is 2.37. The van der Waals surface area contributed by atoms with Gasteiger partial charge in [0, 0.05) is 30.9 Å². The summed E-state index contributed by atoms with van der Waals surface area (Å²) in [5, 5.41) is 1.82. The van der Waals surface area contributed by atoms with Gasteiger partial charge in [-0.15, -0.1) is 0 Å². The van der Waals surface area contributed by atoms with Gasteiger partial charge in [-0.3, -0.25) is 9.63 Å². The Bertz CT molecular complexity index is 568. The molecule has 0 fully saturated rings. The number of likely N-dealkylation sites (N-methyl/N-ethyl adjacent to an activating group) is 1. The average Bonchev–Trinajstić information content (AvgIpc) is 2.43. The number of rotatable bonds is 3. The zero-order chi connectivity index (χ0) is 14.1. The third kappa shape index (κ3) is 2.18. The van der Waals surface area contributed by atoms with E-state index in [0.29, 0.717) is 26.1 Å². The summed E-state index contributed by atoms with van der Waals surface area (Å²) in [6, 6.07) is 3.97. The molecule has 5 nitrogen and oxygen atoms in total. The molecule has 0 spiro atoms. The van der Waals surface area contributed by atoms with Gasteiger partial charge in [0.05, 0.1) is 19.7 Å². The molecular formula is C15H19N3O2. The maximum Gasteiger partial charge on any atom is 0.162 e. The maximum absolute atomic E-state index is 11.8. The Kier molecular flexibility index (Phi) is 3.44. The van der Waals surface area contributed by atoms with Crippen LogP contribution in [0.5, 0.6) is 0 Å². The highest BCUT2D eigenvalue weighted by Gasteiger charge is 2.32. The molecule has 0 N–H and O–H groups in total. The minimum Gasteiger partial charge on any atom is -0.367 e. The van der Waals surface area contributed by atoms with Crippen molar-refractivity contribution in [2.75, 3.05) is 31.8 Å². The molecule has 2 aliphatic rings. The molecule has 5 heteroatoms. The second kappa shape index (κ2) is 5.25. The molecule has 1 aromatic rings. The van der Waals surface area contributed by atoms with Crippen LogP contribution in [0.1, 0.15) is 25.3 Å². The third-order valence-corrected chi connectivity index (χ3v) is 3.60. The van der Waals surface area contributed by atoms with E-state index in [4.69, 9.17) is 4.84 Å². The normalized spacial score (nSPS) is 18.2. The molecule has 0 atom stereocenters. The van der Waals surface area contributed by atoms with Crippen molar-refractivity contribution < 1.29 is 9.63 Å². The van der Waals surface area contributed by atoms with Crippen molar-refractivity contribution in [2.45, 2.75) is 19.8 Å². The molecule has 0 radical (unpaired) electrons. The topological polar surface area (TPSA) is 45.7 Å². The van der Waals surface area contributed by atoms with Crippen molar-refractivity contribution in [2.24, 2.45) is 0 Å². The number of Topliss-reactive ketones (excluding diaryl/α,β-unsaturated/α-hetero) is 1. The van der Waals surface area contributed by atoms with Crippen LogP contribution in [0, 0.1) is 0 Å². The summed E-state index contributed by atoms with van der Waals surface area (Å²) in [5.41, 5.74) is 3.32. The summed E-state index contributed by atoms with van der Waals surface area (Å²) < 4.78 is 0. The first-order chi connectivity index (χ1) is 9.70. The van der Waals surface area contributed by atoms with Gasteiger partial charge in [0.2, 0.25) is 0 Å². The molecule has 1 aromatic heterocycles. The Balaban J connectivity index is 2.03. The van der Waals surface area contributed by atoms with Crippen molar-refractivity contribution in [1.29, 1.82) is 0 Å². The monoisotopic (exact) mass is 273 g/mol. The van der Waals surface area contributed by atoms with Crippen LogP contribution in [-0.4, -0.2) is 42.4 Å². The van der Waals surface area contributed by atoms with Gasteiger partial charge in [-0.05, 0) is 24.1 Å². The van der Waals surface area contributed by atoms with Crippen molar-refractivity contribution in [3.8, 4) is 0 Å². The van der Waals surface area contributed by atoms with E-state index < -0.39 is 0 Å². The number of nitrogens with zero attached hydrogens (tertiary/aromatic N) is 3. The fourth-order valence-corrected chi connectivity index (χ4v) is 2.86. The molecule has 3 heterocycles. The molecule has 0 saturated carbocycles. The number of hydroxylamine groups is 1. The van der Waals surface area contributed by atoms with Crippen LogP contribution < -0.4 is 5.06 Å². The van der Waals surface area contributed by atoms with E-state index in [9.17, 15) is 4.79 Å². The van der Waals surface area contributed by atoms with Crippen LogP contribution in [0.25, 0.3) is 5.70 Å². The molecular weight excluding hydrogens is 254 g/mol. The van der Waals surface area contributed by atoms with Crippen LogP contribution in [0.3, 0.4) is 0 Å². The SMILES string of the molecule is CCCON1CC2=C(c3cccnc31)N(C)CC(=O)C2. The molecule has 20 heavy (non-hydrogen) atoms. The van der Waals surface area contributed by atoms with E-state index in [1.807, 2.05) is 29.1 Å². The van der Waals surface area contributed by atoms with Crippen molar-refractivity contribution in [3.05, 3.63) is 29.5 Å². The predicted molar refractivity (Wildman–Crippen MR) is 77.0 cm³/mol. The van der Waals surface area contributed by atoms with Gasteiger partial charge in [0.1, 0.15) is 0 Å². The van der Waals surface area contributed by atoms with Crippen LogP contribution in [0.15, 0.2) is 23.9 Å². The van der Waals surface area contributed by atoms with Gasteiger partial charge < -0.3 is 4.90 Å². The first kappa shape index (κ1) is 13.1. The number of hydrogen-bond donors (Lipinski definition) is 0. The molecule has 2 aliphatic heterocycles. The Morgan fingerprint density at radius 3 is 3.05 bits per heavy atom. The predicted octanol–water partition coefficient (Wildman–Crippen LogP) is 1.86. The minimum atomic E-state index is 0.258. The van der Waals surface area contributed by atoms with E-state index in [-0.39, 0.29) is 5.78 Å². The van der Waals surface area contributed by atoms with Crippen molar-refractivity contribution in [3.63, 3.8) is 0 Å². The molecule has 0 amide bonds. The lowest BCUT2D eigenvalue weighted by Crippen LogP contribution is -2.39. The first-order valence-corrected chi connectivity index (χ1v) is 7.01. The molecule has 0 aromatic carbocycles. The number of hydrogen-bond acceptors (Lipinski definition) is 5. The Morgan fingerprint density at radius 1 is 1.40 bits per heavy atom. The number of aromatic nitrogens is 1. The largest absolute Gasteiger partial charge is 0.367 e. The first-order valence-electron chi connectivity index (χ1n) is 7.01. The summed E-state index contributed by atoms with van der Waals surface area (Å²) in [4.78, 5) is 24.1. The van der Waals surface area contributed by atoms with E-state index in [1.165, 1.54) is 0 Å². The smallest absolute Gasteiger partial charge is 0.162 e. The van der Waals surface area contributed by atoms with Crippen molar-refractivity contribution in [1.82, 2.24) is 9.88 Å². The van der Waals surface area contributed by atoms with E-state index >= 15 is 0 Å². The number of carbonyl (C=O) groups excluding carboxylic acids is 1. The standard InChI is InChI=1S/C15H19N3O2/c1-3-7-20-18-9-11-8-12(19)10-17(2)14(11)13-5-4-6-16-15(13)18/h4-6H,3,7-10H2,1-2H3. The van der Waals surface area contributed by atoms with Crippen LogP contribution in [-0.2, 0) is 9.63 Å². The van der Waals surface area contributed by atoms with Gasteiger partial charge in [0.15, 0.2) is 11.6 Å². The Morgan fingerprint density at radius 2 is 2.25 bits per heavy atom. The van der Waals surface area contributed by atoms with E-state index in [1.54, 1.807) is 6.20 Å². The molecule has 0 aliphatic carbocycles. The van der Waals surface area contributed by atoms with Gasteiger partial charge in [-0.2, -0.15) is 0 Å². The fraction of sp³-hybridized carbons (Fsp3) is 0.467. The highest BCUT2D eigenvalue weighted by atomic mass is 16.7. The van der Waals surface area contributed by atoms with Crippen LogP contribution >= 0.6 is 0 Å². The highest BCUT2D eigenvalue weighted by molar-refractivity contribution is 5.92. The number of fused-ring (bicyclic) bond motifs is 2. The summed E-state index contributed by atoms with van der Waals surface area (Å²) in [6.45, 7) is 3.83. The quantitative estimate of drug-likeness (QED) is 0.841. The summed E-state index contributed by atoms with van der Waals surface area (Å²) >= 11 is 0. The number of ketones is 1. The van der Waals surface area contributed by atoms with E-state index in [0.717, 1.165) is 29.1 Å². The second-order valence-corrected chi connectivity index (χ2v) is 5.27. The maximum atomic E-state index is 11.8. The third-order valence-electron chi connectivity index (χ3n) is 3.60. The summed E-state index contributed by atoms with van der Waals surface area (Å²) in [5.74, 6) is 1.11. The molecule has 106 valence electrons. The lowest BCUT2D eigenvalue weighted by atomic mass is 9.94. The molecule has 3 rings (SSSR count). The number of pyridine rings is 1. The van der Waals surface area contributed by atoms with Crippen LogP contribution in [0.4, 0.5) is 5.82 Å². The zero-order valence-electron chi connectivity index (χ0n) is 11.9. The minimum absolute atomic E-state index is 0.258. The van der Waals surface area contributed by atoms with Gasteiger partial charge >= 0.3 is 0 Å². The van der Waals surface area contributed by atoms with Gasteiger partial charge in [-0.1, -0.05) is 6.92 Å². The molecule has 0 bridgehead atoms. The van der Waals surface area contributed by atoms with Crippen LogP contribution in [0.2, 0.25) is 0 Å². The lowest BCUT2D eigenvalue weighted by Gasteiger charge is -2.38. The van der Waals surface area contributed by atoms with Crippen molar-refractivity contribution >= 4 is 17.3 Å². The fourth-order valence-electron chi connectivity index (χ4n) is 2.86. The Hall–Kier alpha value is -1.88. The number of carbonyl (C=O) groups is 1. The summed E-state index contributed by atoms with van der Waals surface area (Å²) in [6.07, 6.45) is 3.24. The number of anilines is 1. The molecule has 0 saturated heterocycles. The Labute approximate surface area is 118 Å². The van der Waals surface area contributed by atoms with E-state index in [2.05, 4.69) is 11.9 Å². The second-order valence-electron chi connectivity index (χ2n) is 5.27. The van der Waals surface area contributed by atoms with Gasteiger partial charge in [0.25, 0.3) is 0 Å². The lowest BCUT2D eigenvalue weighted by molar-refractivity contribution is -0.119. The average molecular weight is 273 g/mol. The summed E-state index contributed by atoms with van der Waals surface area (Å²) in [7, 11) is 1.96.